The molecule has 0 rings (SSSR count). The van der Waals surface area contributed by atoms with Gasteiger partial charge in [-0.3, -0.25) is 5.41 Å². The number of nitrogens with two attached hydrogens (primary N) is 1. The van der Waals surface area contributed by atoms with Gasteiger partial charge < -0.3 is 16.4 Å². The first-order valence-electron chi connectivity index (χ1n) is 4.85. The zero-order valence-corrected chi connectivity index (χ0v) is 9.05. The van der Waals surface area contributed by atoms with Crippen molar-refractivity contribution in [1.82, 2.24) is 10.6 Å². The average Bonchev–Trinajstić information content (AvgIpc) is 2.00. The van der Waals surface area contributed by atoms with Gasteiger partial charge in [0.05, 0.1) is 5.84 Å². The van der Waals surface area contributed by atoms with Crippen molar-refractivity contribution in [3.63, 3.8) is 0 Å². The Kier molecular flexibility index (Phi) is 5.67. The summed E-state index contributed by atoms with van der Waals surface area (Å²) in [7, 11) is 0. The van der Waals surface area contributed by atoms with Gasteiger partial charge in [-0.05, 0) is 20.3 Å². The van der Waals surface area contributed by atoms with Crippen LogP contribution in [0.5, 0.6) is 0 Å². The highest BCUT2D eigenvalue weighted by atomic mass is 16.2. The lowest BCUT2D eigenvalue weighted by molar-refractivity contribution is 0.234. The van der Waals surface area contributed by atoms with Gasteiger partial charge in [-0.15, -0.1) is 0 Å². The molecular formula is C9H20N4O. The largest absolute Gasteiger partial charge is 0.388 e. The minimum Gasteiger partial charge on any atom is -0.388 e. The van der Waals surface area contributed by atoms with Gasteiger partial charge in [-0.2, -0.15) is 0 Å². The van der Waals surface area contributed by atoms with Crippen LogP contribution in [-0.4, -0.2) is 24.0 Å². The minimum absolute atomic E-state index is 0.0498. The average molecular weight is 200 g/mol. The Morgan fingerprint density at radius 1 is 1.43 bits per heavy atom. The second-order valence-electron chi connectivity index (χ2n) is 3.61. The van der Waals surface area contributed by atoms with Gasteiger partial charge in [0.1, 0.15) is 0 Å². The fraction of sp³-hybridized carbons (Fsp3) is 0.778. The molecule has 0 aromatic carbocycles. The highest BCUT2D eigenvalue weighted by Gasteiger charge is 2.11. The second-order valence-corrected chi connectivity index (χ2v) is 3.61. The molecule has 0 spiro atoms. The first kappa shape index (κ1) is 12.7. The molecule has 5 heteroatoms. The molecule has 5 nitrogen and oxygen atoms in total. The number of rotatable bonds is 5. The summed E-state index contributed by atoms with van der Waals surface area (Å²) in [4.78, 5) is 11.3. The minimum atomic E-state index is -0.201. The van der Waals surface area contributed by atoms with Gasteiger partial charge in [0.15, 0.2) is 0 Å². The van der Waals surface area contributed by atoms with Crippen molar-refractivity contribution >= 4 is 11.9 Å². The Balaban J connectivity index is 3.92. The van der Waals surface area contributed by atoms with E-state index in [0.29, 0.717) is 6.42 Å². The van der Waals surface area contributed by atoms with E-state index in [9.17, 15) is 4.79 Å². The van der Waals surface area contributed by atoms with Crippen molar-refractivity contribution in [3.05, 3.63) is 0 Å². The molecule has 0 aromatic rings. The van der Waals surface area contributed by atoms with Crippen LogP contribution < -0.4 is 16.4 Å². The summed E-state index contributed by atoms with van der Waals surface area (Å²) in [5, 5.41) is 12.6. The Morgan fingerprint density at radius 3 is 2.36 bits per heavy atom. The molecule has 0 heterocycles. The maximum absolute atomic E-state index is 11.3. The van der Waals surface area contributed by atoms with Crippen LogP contribution in [0.4, 0.5) is 4.79 Å². The summed E-state index contributed by atoms with van der Waals surface area (Å²) in [5.41, 5.74) is 5.26. The normalized spacial score (nSPS) is 12.3. The first-order valence-corrected chi connectivity index (χ1v) is 4.85. The molecule has 0 aliphatic heterocycles. The van der Waals surface area contributed by atoms with Gasteiger partial charge in [0.25, 0.3) is 0 Å². The molecule has 0 aliphatic carbocycles. The van der Waals surface area contributed by atoms with Gasteiger partial charge in [-0.25, -0.2) is 4.79 Å². The molecule has 1 unspecified atom stereocenters. The monoisotopic (exact) mass is 200 g/mol. The molecule has 0 fully saturated rings. The maximum Gasteiger partial charge on any atom is 0.315 e. The molecule has 0 saturated heterocycles. The third-order valence-corrected chi connectivity index (χ3v) is 1.71. The second kappa shape index (κ2) is 6.23. The van der Waals surface area contributed by atoms with Crippen molar-refractivity contribution in [2.45, 2.75) is 45.7 Å². The third kappa shape index (κ3) is 6.28. The smallest absolute Gasteiger partial charge is 0.315 e. The summed E-state index contributed by atoms with van der Waals surface area (Å²) >= 11 is 0. The fourth-order valence-corrected chi connectivity index (χ4v) is 1.05. The highest BCUT2D eigenvalue weighted by Crippen LogP contribution is 1.96. The van der Waals surface area contributed by atoms with E-state index in [1.54, 1.807) is 0 Å². The molecule has 0 bridgehead atoms. The molecule has 1 atom stereocenters. The molecule has 0 aliphatic rings. The van der Waals surface area contributed by atoms with Crippen LogP contribution in [0.25, 0.3) is 0 Å². The van der Waals surface area contributed by atoms with Gasteiger partial charge in [0, 0.05) is 18.5 Å². The molecule has 14 heavy (non-hydrogen) atoms. The molecule has 82 valence electrons. The van der Waals surface area contributed by atoms with Gasteiger partial charge in [-0.1, -0.05) is 6.92 Å². The Morgan fingerprint density at radius 2 is 2.00 bits per heavy atom. The number of amides is 2. The van der Waals surface area contributed by atoms with Crippen molar-refractivity contribution in [1.29, 1.82) is 5.41 Å². The zero-order valence-electron chi connectivity index (χ0n) is 9.05. The summed E-state index contributed by atoms with van der Waals surface area (Å²) in [6.45, 7) is 5.74. The Hall–Kier alpha value is -1.26. The SMILES string of the molecule is CCC(CC(=N)N)NC(=O)NC(C)C. The lowest BCUT2D eigenvalue weighted by Gasteiger charge is -2.17. The first-order chi connectivity index (χ1) is 6.45. The van der Waals surface area contributed by atoms with E-state index < -0.39 is 0 Å². The number of urea groups is 1. The molecule has 0 aromatic heterocycles. The van der Waals surface area contributed by atoms with E-state index >= 15 is 0 Å². The lowest BCUT2D eigenvalue weighted by Crippen LogP contribution is -2.45. The van der Waals surface area contributed by atoms with Crippen LogP contribution in [0.15, 0.2) is 0 Å². The maximum atomic E-state index is 11.3. The van der Waals surface area contributed by atoms with E-state index in [1.165, 1.54) is 0 Å². The van der Waals surface area contributed by atoms with Crippen LogP contribution in [-0.2, 0) is 0 Å². The number of amidine groups is 1. The third-order valence-electron chi connectivity index (χ3n) is 1.71. The summed E-state index contributed by atoms with van der Waals surface area (Å²) in [5.74, 6) is 0.0988. The fourth-order valence-electron chi connectivity index (χ4n) is 1.05. The number of carbonyl (C=O) groups is 1. The van der Waals surface area contributed by atoms with E-state index in [2.05, 4.69) is 10.6 Å². The Labute approximate surface area is 84.9 Å². The van der Waals surface area contributed by atoms with Crippen LogP contribution >= 0.6 is 0 Å². The van der Waals surface area contributed by atoms with Crippen LogP contribution in [0.3, 0.4) is 0 Å². The topological polar surface area (TPSA) is 91.0 Å². The predicted octanol–water partition coefficient (Wildman–Crippen LogP) is 0.799. The molecule has 0 radical (unpaired) electrons. The van der Waals surface area contributed by atoms with E-state index in [1.807, 2.05) is 20.8 Å². The van der Waals surface area contributed by atoms with Crippen LogP contribution in [0.1, 0.15) is 33.6 Å². The number of carbonyl (C=O) groups excluding carboxylic acids is 1. The quantitative estimate of drug-likeness (QED) is 0.390. The Bertz CT molecular complexity index is 203. The lowest BCUT2D eigenvalue weighted by atomic mass is 10.1. The van der Waals surface area contributed by atoms with E-state index in [-0.39, 0.29) is 24.0 Å². The van der Waals surface area contributed by atoms with Gasteiger partial charge >= 0.3 is 6.03 Å². The highest BCUT2D eigenvalue weighted by molar-refractivity contribution is 5.79. The summed E-state index contributed by atoms with van der Waals surface area (Å²) in [6.07, 6.45) is 1.17. The van der Waals surface area contributed by atoms with Crippen molar-refractivity contribution in [3.8, 4) is 0 Å². The molecule has 2 amide bonds. The van der Waals surface area contributed by atoms with Crippen LogP contribution in [0.2, 0.25) is 0 Å². The summed E-state index contributed by atoms with van der Waals surface area (Å²) in [6, 6.07) is -0.135. The molecule has 5 N–H and O–H groups in total. The predicted molar refractivity (Wildman–Crippen MR) is 57.4 cm³/mol. The van der Waals surface area contributed by atoms with Gasteiger partial charge in [0.2, 0.25) is 0 Å². The van der Waals surface area contributed by atoms with Crippen molar-refractivity contribution in [2.75, 3.05) is 0 Å². The van der Waals surface area contributed by atoms with E-state index in [0.717, 1.165) is 6.42 Å². The number of hydrogen-bond acceptors (Lipinski definition) is 2. The standard InChI is InChI=1S/C9H20N4O/c1-4-7(5-8(10)11)13-9(14)12-6(2)3/h6-7H,4-5H2,1-3H3,(H3,10,11)(H2,12,13,14). The van der Waals surface area contributed by atoms with Crippen molar-refractivity contribution < 1.29 is 4.79 Å². The van der Waals surface area contributed by atoms with Crippen LogP contribution in [0, 0.1) is 5.41 Å². The zero-order chi connectivity index (χ0) is 11.1. The molecule has 0 saturated carbocycles. The van der Waals surface area contributed by atoms with E-state index in [4.69, 9.17) is 11.1 Å². The number of nitrogens with one attached hydrogen (secondary N) is 3. The molecular weight excluding hydrogens is 180 g/mol. The van der Waals surface area contributed by atoms with Crippen molar-refractivity contribution in [2.24, 2.45) is 5.73 Å². The summed E-state index contributed by atoms with van der Waals surface area (Å²) < 4.78 is 0. The number of hydrogen-bond donors (Lipinski definition) is 4.